The lowest BCUT2D eigenvalue weighted by Gasteiger charge is -2.07. The van der Waals surface area contributed by atoms with E-state index in [2.05, 4.69) is 32.2 Å². The van der Waals surface area contributed by atoms with Crippen molar-refractivity contribution in [2.24, 2.45) is 0 Å². The summed E-state index contributed by atoms with van der Waals surface area (Å²) in [5, 5.41) is 1.80. The Hall–Kier alpha value is -0.303. The molecule has 0 spiro atoms. The van der Waals surface area contributed by atoms with Crippen LogP contribution in [0.2, 0.25) is 6.55 Å². The average Bonchev–Trinajstić information content (AvgIpc) is 2.29. The molecule has 0 nitrogen and oxygen atoms in total. The number of allylic oxidation sites excluding steroid dienone is 3. The molecule has 1 aliphatic heterocycles. The van der Waals surface area contributed by atoms with Crippen LogP contribution in [0.3, 0.4) is 0 Å². The first kappa shape index (κ1) is 8.79. The fourth-order valence-electron chi connectivity index (χ4n) is 1.66. The minimum Gasteiger partial charge on any atom is -0.0932 e. The van der Waals surface area contributed by atoms with E-state index in [-0.39, 0.29) is 0 Å². The summed E-state index contributed by atoms with van der Waals surface area (Å²) >= 11 is 0. The maximum Gasteiger partial charge on any atom is 0.0862 e. The predicted molar refractivity (Wildman–Crippen MR) is 54.4 cm³/mol. The largest absolute Gasteiger partial charge is 0.0932 e. The molecule has 0 amide bonds. The van der Waals surface area contributed by atoms with Crippen LogP contribution in [0.15, 0.2) is 22.5 Å². The van der Waals surface area contributed by atoms with E-state index in [0.29, 0.717) is 0 Å². The van der Waals surface area contributed by atoms with Gasteiger partial charge in [-0.1, -0.05) is 48.9 Å². The van der Waals surface area contributed by atoms with Gasteiger partial charge in [-0.3, -0.25) is 0 Å². The van der Waals surface area contributed by atoms with Gasteiger partial charge in [0.25, 0.3) is 0 Å². The summed E-state index contributed by atoms with van der Waals surface area (Å²) in [7, 11) is -0.555. The Balaban J connectivity index is 2.50. The highest BCUT2D eigenvalue weighted by Gasteiger charge is 2.13. The number of hydrogen-bond acceptors (Lipinski definition) is 0. The van der Waals surface area contributed by atoms with E-state index in [4.69, 9.17) is 0 Å². The molecule has 0 aromatic rings. The van der Waals surface area contributed by atoms with Crippen LogP contribution in [0.4, 0.5) is 0 Å². The Kier molecular flexibility index (Phi) is 3.12. The molecule has 1 unspecified atom stereocenters. The van der Waals surface area contributed by atoms with Crippen LogP contribution in [0.1, 0.15) is 33.1 Å². The van der Waals surface area contributed by atoms with E-state index in [1.165, 1.54) is 19.3 Å². The lowest BCUT2D eigenvalue weighted by atomic mass is 10.2. The molecule has 1 aliphatic rings. The second kappa shape index (κ2) is 3.91. The number of unbranched alkanes of at least 4 members (excludes halogenated alkanes) is 1. The Labute approximate surface area is 71.6 Å². The molecule has 0 aromatic heterocycles. The van der Waals surface area contributed by atoms with Crippen molar-refractivity contribution in [2.45, 2.75) is 39.7 Å². The fourth-order valence-corrected chi connectivity index (χ4v) is 3.95. The molecule has 1 heterocycles. The van der Waals surface area contributed by atoms with Crippen molar-refractivity contribution >= 4 is 8.80 Å². The third-order valence-electron chi connectivity index (χ3n) is 2.49. The summed E-state index contributed by atoms with van der Waals surface area (Å²) in [6.07, 6.45) is 6.40. The van der Waals surface area contributed by atoms with Crippen LogP contribution in [-0.2, 0) is 0 Å². The van der Waals surface area contributed by atoms with Gasteiger partial charge >= 0.3 is 0 Å². The van der Waals surface area contributed by atoms with Gasteiger partial charge in [-0.2, -0.15) is 0 Å². The fraction of sp³-hybridized carbons (Fsp3) is 0.600. The van der Waals surface area contributed by atoms with E-state index in [0.717, 1.165) is 0 Å². The Morgan fingerprint density at radius 3 is 2.64 bits per heavy atom. The zero-order valence-electron chi connectivity index (χ0n) is 7.85. The summed E-state index contributed by atoms with van der Waals surface area (Å²) in [6, 6.07) is 0. The van der Waals surface area contributed by atoms with Crippen molar-refractivity contribution in [2.75, 3.05) is 0 Å². The van der Waals surface area contributed by atoms with Crippen LogP contribution < -0.4 is 0 Å². The Morgan fingerprint density at radius 1 is 1.45 bits per heavy atom. The van der Waals surface area contributed by atoms with E-state index >= 15 is 0 Å². The molecule has 11 heavy (non-hydrogen) atoms. The molecule has 0 bridgehead atoms. The summed E-state index contributed by atoms with van der Waals surface area (Å²) in [5.41, 5.74) is 4.01. The van der Waals surface area contributed by atoms with E-state index in [1.54, 1.807) is 10.8 Å². The molecular weight excluding hydrogens is 148 g/mol. The molecule has 62 valence electrons. The molecule has 0 saturated heterocycles. The lowest BCUT2D eigenvalue weighted by Crippen LogP contribution is -2.05. The van der Waals surface area contributed by atoms with Crippen LogP contribution in [0.5, 0.6) is 0 Å². The molecule has 0 aliphatic carbocycles. The van der Waals surface area contributed by atoms with E-state index < -0.39 is 8.80 Å². The molecule has 0 saturated carbocycles. The maximum absolute atomic E-state index is 2.44. The zero-order valence-corrected chi connectivity index (χ0v) is 9.01. The highest BCUT2D eigenvalue weighted by Crippen LogP contribution is 2.22. The third-order valence-corrected chi connectivity index (χ3v) is 5.10. The molecule has 1 atom stereocenters. The monoisotopic (exact) mass is 166 g/mol. The van der Waals surface area contributed by atoms with Crippen molar-refractivity contribution in [1.29, 1.82) is 0 Å². The van der Waals surface area contributed by atoms with Crippen LogP contribution in [-0.4, -0.2) is 8.80 Å². The second-order valence-electron chi connectivity index (χ2n) is 3.46. The van der Waals surface area contributed by atoms with Gasteiger partial charge in [0.05, 0.1) is 8.80 Å². The zero-order chi connectivity index (χ0) is 8.27. The minimum absolute atomic E-state index is 0.555. The normalized spacial score (nSPS) is 23.4. The minimum atomic E-state index is -0.555. The van der Waals surface area contributed by atoms with Gasteiger partial charge in [0.1, 0.15) is 0 Å². The lowest BCUT2D eigenvalue weighted by molar-refractivity contribution is 0.803. The van der Waals surface area contributed by atoms with Gasteiger partial charge in [-0.15, -0.1) is 0 Å². The molecular formula is C10H18Si. The van der Waals surface area contributed by atoms with Crippen molar-refractivity contribution in [3.05, 3.63) is 22.5 Å². The first-order chi connectivity index (χ1) is 5.25. The van der Waals surface area contributed by atoms with Crippen LogP contribution in [0, 0.1) is 0 Å². The molecule has 0 aromatic carbocycles. The van der Waals surface area contributed by atoms with Gasteiger partial charge in [0.15, 0.2) is 0 Å². The molecule has 0 radical (unpaired) electrons. The van der Waals surface area contributed by atoms with Crippen molar-refractivity contribution < 1.29 is 0 Å². The standard InChI is InChI=1S/C10H18Si/c1-4-5-6-10-9(2)7-8-11(10)3/h7-8,11H,4-6H2,1-3H3. The van der Waals surface area contributed by atoms with Crippen molar-refractivity contribution in [1.82, 2.24) is 0 Å². The second-order valence-corrected chi connectivity index (χ2v) is 6.12. The van der Waals surface area contributed by atoms with Crippen molar-refractivity contribution in [3.8, 4) is 0 Å². The number of hydrogen-bond donors (Lipinski definition) is 0. The predicted octanol–water partition coefficient (Wildman–Crippen LogP) is 3.00. The molecule has 1 rings (SSSR count). The average molecular weight is 166 g/mol. The summed E-state index contributed by atoms with van der Waals surface area (Å²) in [4.78, 5) is 0. The molecule has 0 N–H and O–H groups in total. The van der Waals surface area contributed by atoms with Crippen molar-refractivity contribution in [3.63, 3.8) is 0 Å². The first-order valence-electron chi connectivity index (χ1n) is 4.63. The molecule has 0 fully saturated rings. The Bertz CT molecular complexity index is 189. The summed E-state index contributed by atoms with van der Waals surface area (Å²) in [6.45, 7) is 6.96. The first-order valence-corrected chi connectivity index (χ1v) is 7.03. The SMILES string of the molecule is CCCCC1=C(C)C=C[SiH]1C. The number of rotatable bonds is 3. The van der Waals surface area contributed by atoms with E-state index in [1.807, 2.05) is 0 Å². The molecule has 1 heteroatoms. The smallest absolute Gasteiger partial charge is 0.0862 e. The van der Waals surface area contributed by atoms with Gasteiger partial charge < -0.3 is 0 Å². The summed E-state index contributed by atoms with van der Waals surface area (Å²) < 4.78 is 0. The van der Waals surface area contributed by atoms with Crippen LogP contribution in [0.25, 0.3) is 0 Å². The van der Waals surface area contributed by atoms with E-state index in [9.17, 15) is 0 Å². The maximum atomic E-state index is 2.44. The highest BCUT2D eigenvalue weighted by molar-refractivity contribution is 6.71. The Morgan fingerprint density at radius 2 is 2.18 bits per heavy atom. The van der Waals surface area contributed by atoms with Gasteiger partial charge in [-0.05, 0) is 13.3 Å². The van der Waals surface area contributed by atoms with Gasteiger partial charge in [-0.25, -0.2) is 0 Å². The highest BCUT2D eigenvalue weighted by atomic mass is 28.3. The van der Waals surface area contributed by atoms with Gasteiger partial charge in [0.2, 0.25) is 0 Å². The topological polar surface area (TPSA) is 0 Å². The third kappa shape index (κ3) is 2.06. The van der Waals surface area contributed by atoms with Gasteiger partial charge in [0, 0.05) is 0 Å². The van der Waals surface area contributed by atoms with Crippen LogP contribution >= 0.6 is 0 Å². The quantitative estimate of drug-likeness (QED) is 0.565. The summed E-state index contributed by atoms with van der Waals surface area (Å²) in [5.74, 6) is 0.